The lowest BCUT2D eigenvalue weighted by atomic mass is 9.97. The monoisotopic (exact) mass is 388 g/mol. The van der Waals surface area contributed by atoms with Crippen molar-refractivity contribution in [3.8, 4) is 16.9 Å². The third-order valence-corrected chi connectivity index (χ3v) is 4.33. The molecule has 3 rings (SSSR count). The van der Waals surface area contributed by atoms with Gasteiger partial charge in [-0.3, -0.25) is 4.79 Å². The van der Waals surface area contributed by atoms with Gasteiger partial charge >= 0.3 is 12.1 Å². The van der Waals surface area contributed by atoms with E-state index in [0.717, 1.165) is 24.3 Å². The first-order valence-electron chi connectivity index (χ1n) is 8.49. The fourth-order valence-electron chi connectivity index (χ4n) is 2.71. The van der Waals surface area contributed by atoms with Crippen LogP contribution in [0.15, 0.2) is 72.8 Å². The molecule has 0 unspecified atom stereocenters. The fourth-order valence-corrected chi connectivity index (χ4v) is 2.71. The van der Waals surface area contributed by atoms with E-state index < -0.39 is 29.4 Å². The van der Waals surface area contributed by atoms with Crippen LogP contribution in [0.2, 0.25) is 0 Å². The molecule has 1 atom stereocenters. The smallest absolute Gasteiger partial charge is 0.416 e. The summed E-state index contributed by atoms with van der Waals surface area (Å²) in [6, 6.07) is 17.3. The molecular formula is C22H16F4O2. The number of hydrogen-bond acceptors (Lipinski definition) is 2. The van der Waals surface area contributed by atoms with Crippen LogP contribution in [0.1, 0.15) is 24.0 Å². The Kier molecular flexibility index (Phi) is 5.49. The van der Waals surface area contributed by atoms with Gasteiger partial charge in [0.25, 0.3) is 0 Å². The quantitative estimate of drug-likeness (QED) is 0.301. The van der Waals surface area contributed by atoms with Gasteiger partial charge in [-0.1, -0.05) is 42.5 Å². The van der Waals surface area contributed by atoms with Gasteiger partial charge in [-0.25, -0.2) is 4.39 Å². The number of halogens is 4. The third-order valence-electron chi connectivity index (χ3n) is 4.33. The molecule has 0 saturated heterocycles. The summed E-state index contributed by atoms with van der Waals surface area (Å²) in [5.41, 5.74) is 0.701. The minimum atomic E-state index is -4.46. The molecule has 0 bridgehead atoms. The molecule has 0 radical (unpaired) electrons. The molecular weight excluding hydrogens is 372 g/mol. The number of rotatable bonds is 4. The molecule has 0 aliphatic heterocycles. The van der Waals surface area contributed by atoms with E-state index in [0.29, 0.717) is 16.7 Å². The molecule has 0 saturated carbocycles. The summed E-state index contributed by atoms with van der Waals surface area (Å²) in [6.45, 7) is 1.55. The second-order valence-corrected chi connectivity index (χ2v) is 6.27. The highest BCUT2D eigenvalue weighted by atomic mass is 19.4. The summed E-state index contributed by atoms with van der Waals surface area (Å²) in [4.78, 5) is 12.3. The van der Waals surface area contributed by atoms with Crippen molar-refractivity contribution in [2.75, 3.05) is 0 Å². The van der Waals surface area contributed by atoms with Gasteiger partial charge in [-0.2, -0.15) is 13.2 Å². The molecule has 144 valence electrons. The average Bonchev–Trinajstić information content (AvgIpc) is 2.67. The van der Waals surface area contributed by atoms with E-state index >= 15 is 0 Å². The van der Waals surface area contributed by atoms with Crippen molar-refractivity contribution >= 4 is 5.97 Å². The topological polar surface area (TPSA) is 26.3 Å². The average molecular weight is 388 g/mol. The predicted molar refractivity (Wildman–Crippen MR) is 97.3 cm³/mol. The first-order chi connectivity index (χ1) is 13.3. The van der Waals surface area contributed by atoms with E-state index in [2.05, 4.69) is 0 Å². The van der Waals surface area contributed by atoms with Crippen LogP contribution in [0.5, 0.6) is 5.75 Å². The molecule has 0 aromatic heterocycles. The maximum Gasteiger partial charge on any atom is 0.416 e. The summed E-state index contributed by atoms with van der Waals surface area (Å²) < 4.78 is 57.4. The fraction of sp³-hybridized carbons (Fsp3) is 0.136. The summed E-state index contributed by atoms with van der Waals surface area (Å²) in [7, 11) is 0. The van der Waals surface area contributed by atoms with Crippen molar-refractivity contribution in [2.45, 2.75) is 19.0 Å². The normalized spacial score (nSPS) is 12.5. The van der Waals surface area contributed by atoms with Gasteiger partial charge in [0.2, 0.25) is 0 Å². The van der Waals surface area contributed by atoms with E-state index in [-0.39, 0.29) is 5.75 Å². The SMILES string of the molecule is C[C@@H](C(=O)Oc1ccc(C(F)(F)F)cc1)c1ccc(-c2ccccc2)c(F)c1. The Bertz CT molecular complexity index is 964. The van der Waals surface area contributed by atoms with Gasteiger partial charge in [0.1, 0.15) is 11.6 Å². The number of carbonyl (C=O) groups is 1. The Morgan fingerprint density at radius 3 is 2.14 bits per heavy atom. The molecule has 0 N–H and O–H groups in total. The molecule has 3 aromatic carbocycles. The first kappa shape index (κ1) is 19.6. The van der Waals surface area contributed by atoms with Crippen molar-refractivity contribution in [3.05, 3.63) is 89.7 Å². The molecule has 0 aliphatic carbocycles. The lowest BCUT2D eigenvalue weighted by Crippen LogP contribution is -2.16. The van der Waals surface area contributed by atoms with E-state index in [4.69, 9.17) is 4.74 Å². The summed E-state index contributed by atoms with van der Waals surface area (Å²) in [5.74, 6) is -1.96. The third kappa shape index (κ3) is 4.39. The molecule has 0 aliphatic rings. The molecule has 0 heterocycles. The highest BCUT2D eigenvalue weighted by molar-refractivity contribution is 5.80. The molecule has 28 heavy (non-hydrogen) atoms. The molecule has 0 amide bonds. The van der Waals surface area contributed by atoms with Crippen molar-refractivity contribution in [1.82, 2.24) is 0 Å². The van der Waals surface area contributed by atoms with Gasteiger partial charge in [0.05, 0.1) is 11.5 Å². The largest absolute Gasteiger partial charge is 0.426 e. The zero-order valence-corrected chi connectivity index (χ0v) is 14.8. The van der Waals surface area contributed by atoms with Crippen molar-refractivity contribution in [1.29, 1.82) is 0 Å². The Morgan fingerprint density at radius 1 is 0.929 bits per heavy atom. The number of hydrogen-bond donors (Lipinski definition) is 0. The number of esters is 1. The summed E-state index contributed by atoms with van der Waals surface area (Å²) in [5, 5.41) is 0. The van der Waals surface area contributed by atoms with Crippen LogP contribution in [0, 0.1) is 5.82 Å². The number of benzene rings is 3. The van der Waals surface area contributed by atoms with Crippen LogP contribution in [-0.2, 0) is 11.0 Å². The van der Waals surface area contributed by atoms with Crippen LogP contribution in [-0.4, -0.2) is 5.97 Å². The predicted octanol–water partition coefficient (Wildman–Crippen LogP) is 6.22. The zero-order chi connectivity index (χ0) is 20.3. The first-order valence-corrected chi connectivity index (χ1v) is 8.49. The highest BCUT2D eigenvalue weighted by Gasteiger charge is 2.30. The van der Waals surface area contributed by atoms with Crippen molar-refractivity contribution < 1.29 is 27.1 Å². The summed E-state index contributed by atoms with van der Waals surface area (Å²) in [6.07, 6.45) is -4.46. The minimum absolute atomic E-state index is 0.00812. The number of ether oxygens (including phenoxy) is 1. The van der Waals surface area contributed by atoms with E-state index in [9.17, 15) is 22.4 Å². The highest BCUT2D eigenvalue weighted by Crippen LogP contribution is 2.31. The Hall–Kier alpha value is -3.15. The van der Waals surface area contributed by atoms with Crippen LogP contribution in [0.4, 0.5) is 17.6 Å². The molecule has 2 nitrogen and oxygen atoms in total. The second-order valence-electron chi connectivity index (χ2n) is 6.27. The number of carbonyl (C=O) groups excluding carboxylic acids is 1. The number of alkyl halides is 3. The van der Waals surface area contributed by atoms with Crippen molar-refractivity contribution in [2.24, 2.45) is 0 Å². The lowest BCUT2D eigenvalue weighted by Gasteiger charge is -2.14. The standard InChI is InChI=1S/C22H16F4O2/c1-14(21(27)28-18-10-8-17(9-11-18)22(24,25)26)16-7-12-19(20(23)13-16)15-5-3-2-4-6-15/h2-14H,1H3/t14-/m1/s1. The second kappa shape index (κ2) is 7.84. The lowest BCUT2D eigenvalue weighted by molar-refractivity contribution is -0.137. The van der Waals surface area contributed by atoms with Crippen LogP contribution < -0.4 is 4.74 Å². The summed E-state index contributed by atoms with van der Waals surface area (Å²) >= 11 is 0. The molecule has 3 aromatic rings. The Balaban J connectivity index is 1.74. The maximum absolute atomic E-state index is 14.5. The van der Waals surface area contributed by atoms with Crippen molar-refractivity contribution in [3.63, 3.8) is 0 Å². The molecule has 0 spiro atoms. The van der Waals surface area contributed by atoms with Crippen LogP contribution in [0.3, 0.4) is 0 Å². The maximum atomic E-state index is 14.5. The van der Waals surface area contributed by atoms with Crippen LogP contribution >= 0.6 is 0 Å². The van der Waals surface area contributed by atoms with E-state index in [1.54, 1.807) is 43.3 Å². The molecule has 0 fully saturated rings. The minimum Gasteiger partial charge on any atom is -0.426 e. The Morgan fingerprint density at radius 2 is 1.57 bits per heavy atom. The van der Waals surface area contributed by atoms with Crippen LogP contribution in [0.25, 0.3) is 11.1 Å². The van der Waals surface area contributed by atoms with Gasteiger partial charge in [0, 0.05) is 5.56 Å². The van der Waals surface area contributed by atoms with Gasteiger partial charge in [-0.15, -0.1) is 0 Å². The Labute approximate surface area is 159 Å². The van der Waals surface area contributed by atoms with Gasteiger partial charge in [0.15, 0.2) is 0 Å². The van der Waals surface area contributed by atoms with E-state index in [1.807, 2.05) is 6.07 Å². The van der Waals surface area contributed by atoms with E-state index in [1.165, 1.54) is 6.07 Å². The van der Waals surface area contributed by atoms with Gasteiger partial charge < -0.3 is 4.74 Å². The zero-order valence-electron chi connectivity index (χ0n) is 14.8. The molecule has 6 heteroatoms. The van der Waals surface area contributed by atoms with Gasteiger partial charge in [-0.05, 0) is 48.4 Å².